The Kier molecular flexibility index (Phi) is 7.51. The summed E-state index contributed by atoms with van der Waals surface area (Å²) in [5.74, 6) is 2.80. The van der Waals surface area contributed by atoms with Crippen molar-refractivity contribution >= 4 is 51.9 Å². The van der Waals surface area contributed by atoms with Crippen LogP contribution < -0.4 is 15.1 Å². The Morgan fingerprint density at radius 1 is 0.975 bits per heavy atom. The van der Waals surface area contributed by atoms with Crippen LogP contribution in [0.25, 0.3) is 11.3 Å². The summed E-state index contributed by atoms with van der Waals surface area (Å²) in [4.78, 5) is 9.16. The highest BCUT2D eigenvalue weighted by Gasteiger charge is 2.43. The van der Waals surface area contributed by atoms with Gasteiger partial charge in [-0.2, -0.15) is 0 Å². The van der Waals surface area contributed by atoms with Crippen LogP contribution in [0.1, 0.15) is 49.4 Å². The summed E-state index contributed by atoms with van der Waals surface area (Å²) in [6.07, 6.45) is 3.05. The van der Waals surface area contributed by atoms with Crippen molar-refractivity contribution in [2.45, 2.75) is 39.3 Å². The third-order valence-corrected chi connectivity index (χ3v) is 8.75. The monoisotopic (exact) mass is 590 g/mol. The SMILES string of the molecule is Cc1ccc(Cl)cc1-c1ccc([C@@H]2[C@H](c3ccccn3)NC(=S)N2c2ccc(N3C[C@H](C)C[C@H](C)C3)c(Cl)c2)o1. The number of hydrogen-bond acceptors (Lipinski definition) is 4. The number of nitrogens with one attached hydrogen (secondary N) is 1. The lowest BCUT2D eigenvalue weighted by molar-refractivity contribution is 0.357. The van der Waals surface area contributed by atoms with Crippen molar-refractivity contribution in [3.63, 3.8) is 0 Å². The fourth-order valence-corrected chi connectivity index (χ4v) is 7.01. The molecule has 40 heavy (non-hydrogen) atoms. The quantitative estimate of drug-likeness (QED) is 0.235. The molecule has 2 saturated heterocycles. The molecule has 2 aromatic carbocycles. The van der Waals surface area contributed by atoms with Crippen LogP contribution in [0.3, 0.4) is 0 Å². The summed E-state index contributed by atoms with van der Waals surface area (Å²) in [6.45, 7) is 8.69. The number of benzene rings is 2. The van der Waals surface area contributed by atoms with Gasteiger partial charge in [0.1, 0.15) is 17.6 Å². The average molecular weight is 592 g/mol. The molecule has 2 aliphatic heterocycles. The number of aryl methyl sites for hydroxylation is 1. The average Bonchev–Trinajstić information content (AvgIpc) is 3.54. The Hall–Kier alpha value is -3.06. The van der Waals surface area contributed by atoms with E-state index in [9.17, 15) is 0 Å². The molecule has 0 aliphatic carbocycles. The number of halogens is 2. The number of hydrogen-bond donors (Lipinski definition) is 1. The second-order valence-corrected chi connectivity index (χ2v) is 12.4. The highest BCUT2D eigenvalue weighted by Crippen LogP contribution is 2.45. The van der Waals surface area contributed by atoms with Crippen molar-refractivity contribution in [3.05, 3.63) is 100.0 Å². The first-order chi connectivity index (χ1) is 19.3. The van der Waals surface area contributed by atoms with Gasteiger partial charge >= 0.3 is 0 Å². The summed E-state index contributed by atoms with van der Waals surface area (Å²) in [5, 5.41) is 5.49. The highest BCUT2D eigenvalue weighted by molar-refractivity contribution is 7.80. The van der Waals surface area contributed by atoms with Crippen molar-refractivity contribution < 1.29 is 4.42 Å². The van der Waals surface area contributed by atoms with E-state index < -0.39 is 0 Å². The van der Waals surface area contributed by atoms with Gasteiger partial charge in [-0.25, -0.2) is 0 Å². The van der Waals surface area contributed by atoms with E-state index in [0.29, 0.717) is 22.0 Å². The van der Waals surface area contributed by atoms with Crippen LogP contribution in [0.15, 0.2) is 77.3 Å². The molecule has 1 N–H and O–H groups in total. The van der Waals surface area contributed by atoms with Crippen LogP contribution in [0.5, 0.6) is 0 Å². The van der Waals surface area contributed by atoms with E-state index in [-0.39, 0.29) is 12.1 Å². The van der Waals surface area contributed by atoms with Crippen LogP contribution in [-0.4, -0.2) is 23.2 Å². The van der Waals surface area contributed by atoms with Crippen molar-refractivity contribution in [2.24, 2.45) is 11.8 Å². The second-order valence-electron chi connectivity index (χ2n) is 11.1. The van der Waals surface area contributed by atoms with Crippen molar-refractivity contribution in [3.8, 4) is 11.3 Å². The molecule has 4 aromatic rings. The van der Waals surface area contributed by atoms with Crippen molar-refractivity contribution in [1.29, 1.82) is 0 Å². The van der Waals surface area contributed by atoms with Gasteiger partial charge in [0, 0.05) is 35.6 Å². The summed E-state index contributed by atoms with van der Waals surface area (Å²) in [7, 11) is 0. The predicted octanol–water partition coefficient (Wildman–Crippen LogP) is 8.62. The molecule has 0 amide bonds. The standard InChI is InChI=1S/C32H32Cl2N4OS/c1-19-14-20(2)18-37(17-19)27-10-9-23(16-25(27)34)38-31(30(36-32(38)40)26-6-4-5-13-35-26)29-12-11-28(39-29)24-15-22(33)8-7-21(24)3/h4-13,15-16,19-20,30-31H,14,17-18H2,1-3H3,(H,36,40)/t19-,20+,30-,31+/m0/s1. The lowest BCUT2D eigenvalue weighted by atomic mass is 9.91. The van der Waals surface area contributed by atoms with Crippen LogP contribution in [-0.2, 0) is 0 Å². The maximum Gasteiger partial charge on any atom is 0.174 e. The summed E-state index contributed by atoms with van der Waals surface area (Å²) in [5.41, 5.74) is 4.91. The minimum Gasteiger partial charge on any atom is -0.459 e. The van der Waals surface area contributed by atoms with Gasteiger partial charge in [-0.1, -0.05) is 49.2 Å². The van der Waals surface area contributed by atoms with E-state index in [2.05, 4.69) is 53.0 Å². The van der Waals surface area contributed by atoms with Gasteiger partial charge in [-0.3, -0.25) is 4.98 Å². The van der Waals surface area contributed by atoms with Gasteiger partial charge in [0.25, 0.3) is 0 Å². The zero-order chi connectivity index (χ0) is 28.0. The van der Waals surface area contributed by atoms with E-state index in [1.807, 2.05) is 54.6 Å². The number of furan rings is 1. The first-order valence-electron chi connectivity index (χ1n) is 13.7. The van der Waals surface area contributed by atoms with Crippen LogP contribution in [0, 0.1) is 18.8 Å². The van der Waals surface area contributed by atoms with Gasteiger partial charge < -0.3 is 19.5 Å². The maximum absolute atomic E-state index is 6.97. The first kappa shape index (κ1) is 27.1. The maximum atomic E-state index is 6.97. The molecular formula is C32H32Cl2N4OS. The highest BCUT2D eigenvalue weighted by atomic mass is 35.5. The fourth-order valence-electron chi connectivity index (χ4n) is 6.20. The molecule has 6 rings (SSSR count). The number of pyridine rings is 1. The third-order valence-electron chi connectivity index (χ3n) is 7.90. The number of anilines is 2. The van der Waals surface area contributed by atoms with Gasteiger partial charge in [0.05, 0.1) is 22.4 Å². The lowest BCUT2D eigenvalue weighted by Crippen LogP contribution is -2.38. The Morgan fingerprint density at radius 2 is 1.77 bits per heavy atom. The second kappa shape index (κ2) is 11.1. The predicted molar refractivity (Wildman–Crippen MR) is 168 cm³/mol. The Labute approximate surface area is 251 Å². The molecule has 2 aromatic heterocycles. The van der Waals surface area contributed by atoms with Gasteiger partial charge in [-0.05, 0) is 97.6 Å². The number of aromatic nitrogens is 1. The minimum atomic E-state index is -0.271. The molecule has 4 atom stereocenters. The summed E-state index contributed by atoms with van der Waals surface area (Å²) in [6, 6.07) is 21.5. The van der Waals surface area contributed by atoms with Gasteiger partial charge in [0.15, 0.2) is 5.11 Å². The normalized spacial score (nSPS) is 23.0. The smallest absolute Gasteiger partial charge is 0.174 e. The van der Waals surface area contributed by atoms with E-state index in [1.165, 1.54) is 6.42 Å². The van der Waals surface area contributed by atoms with E-state index in [4.69, 9.17) is 39.8 Å². The molecule has 0 spiro atoms. The number of thiocarbonyl (C=S) groups is 1. The van der Waals surface area contributed by atoms with E-state index in [1.54, 1.807) is 6.20 Å². The Morgan fingerprint density at radius 3 is 2.50 bits per heavy atom. The molecule has 0 bridgehead atoms. The zero-order valence-electron chi connectivity index (χ0n) is 22.8. The largest absolute Gasteiger partial charge is 0.459 e. The Balaban J connectivity index is 1.39. The summed E-state index contributed by atoms with van der Waals surface area (Å²) >= 11 is 19.2. The molecule has 0 unspecified atom stereocenters. The molecule has 4 heterocycles. The van der Waals surface area contributed by atoms with E-state index in [0.717, 1.165) is 57.8 Å². The third kappa shape index (κ3) is 5.20. The molecule has 0 saturated carbocycles. The molecule has 5 nitrogen and oxygen atoms in total. The molecule has 2 aliphatic rings. The number of nitrogens with zero attached hydrogens (tertiary/aromatic N) is 3. The van der Waals surface area contributed by atoms with Crippen LogP contribution in [0.4, 0.5) is 11.4 Å². The lowest BCUT2D eigenvalue weighted by Gasteiger charge is -2.37. The first-order valence-corrected chi connectivity index (χ1v) is 14.9. The number of rotatable bonds is 5. The topological polar surface area (TPSA) is 44.5 Å². The fraction of sp³-hybridized carbons (Fsp3) is 0.312. The zero-order valence-corrected chi connectivity index (χ0v) is 25.1. The number of piperidine rings is 1. The molecule has 2 fully saturated rings. The van der Waals surface area contributed by atoms with Gasteiger partial charge in [-0.15, -0.1) is 0 Å². The van der Waals surface area contributed by atoms with Crippen LogP contribution >= 0.6 is 35.4 Å². The molecule has 8 heteroatoms. The Bertz CT molecular complexity index is 1530. The minimum absolute atomic E-state index is 0.213. The van der Waals surface area contributed by atoms with Gasteiger partial charge in [0.2, 0.25) is 0 Å². The molecule has 206 valence electrons. The van der Waals surface area contributed by atoms with Crippen molar-refractivity contribution in [1.82, 2.24) is 10.3 Å². The van der Waals surface area contributed by atoms with Crippen molar-refractivity contribution in [2.75, 3.05) is 22.9 Å². The van der Waals surface area contributed by atoms with Crippen LogP contribution in [0.2, 0.25) is 10.0 Å². The summed E-state index contributed by atoms with van der Waals surface area (Å²) < 4.78 is 6.55. The molecule has 0 radical (unpaired) electrons. The molecular weight excluding hydrogens is 559 g/mol. The van der Waals surface area contributed by atoms with E-state index >= 15 is 0 Å².